The molecular weight excluding hydrogens is 246 g/mol. The van der Waals surface area contributed by atoms with Gasteiger partial charge < -0.3 is 15.2 Å². The highest BCUT2D eigenvalue weighted by molar-refractivity contribution is 5.78. The summed E-state index contributed by atoms with van der Waals surface area (Å²) in [5.41, 5.74) is -0.492. The second kappa shape index (κ2) is 6.37. The molecule has 0 radical (unpaired) electrons. The summed E-state index contributed by atoms with van der Waals surface area (Å²) in [5, 5.41) is 12.0. The highest BCUT2D eigenvalue weighted by Crippen LogP contribution is 2.33. The van der Waals surface area contributed by atoms with Crippen molar-refractivity contribution in [1.29, 1.82) is 0 Å². The number of hydrogen-bond donors (Lipinski definition) is 2. The van der Waals surface area contributed by atoms with E-state index < -0.39 is 11.5 Å². The van der Waals surface area contributed by atoms with Crippen molar-refractivity contribution in [1.82, 2.24) is 5.32 Å². The number of nitrogens with one attached hydrogen (secondary N) is 1. The lowest BCUT2D eigenvalue weighted by molar-refractivity contribution is -0.139. The maximum Gasteiger partial charge on any atom is 0.305 e. The Balaban J connectivity index is 1.86. The van der Waals surface area contributed by atoms with E-state index in [0.717, 1.165) is 51.7 Å². The quantitative estimate of drug-likeness (QED) is 0.796. The molecule has 0 aromatic heterocycles. The SMILES string of the molecule is O=C(O)CC1(NC(=O)CC2CCOCC2)CCCC1. The van der Waals surface area contributed by atoms with Crippen LogP contribution in [0.25, 0.3) is 0 Å². The average molecular weight is 269 g/mol. The molecule has 0 bridgehead atoms. The first-order chi connectivity index (χ1) is 9.10. The smallest absolute Gasteiger partial charge is 0.305 e. The van der Waals surface area contributed by atoms with Crippen molar-refractivity contribution in [2.75, 3.05) is 13.2 Å². The van der Waals surface area contributed by atoms with E-state index in [1.165, 1.54) is 0 Å². The Morgan fingerprint density at radius 1 is 1.21 bits per heavy atom. The van der Waals surface area contributed by atoms with Gasteiger partial charge in [0.1, 0.15) is 0 Å². The molecule has 2 N–H and O–H groups in total. The number of aliphatic carboxylic acids is 1. The summed E-state index contributed by atoms with van der Waals surface area (Å²) in [5.74, 6) is -0.430. The molecule has 1 aliphatic carbocycles. The van der Waals surface area contributed by atoms with Gasteiger partial charge in [0.05, 0.1) is 12.0 Å². The van der Waals surface area contributed by atoms with Gasteiger partial charge in [-0.3, -0.25) is 9.59 Å². The fourth-order valence-electron chi connectivity index (χ4n) is 3.25. The maximum absolute atomic E-state index is 12.1. The van der Waals surface area contributed by atoms with E-state index in [0.29, 0.717) is 12.3 Å². The molecule has 5 nitrogen and oxygen atoms in total. The summed E-state index contributed by atoms with van der Waals surface area (Å²) < 4.78 is 5.28. The van der Waals surface area contributed by atoms with Crippen LogP contribution in [0, 0.1) is 5.92 Å². The molecule has 108 valence electrons. The van der Waals surface area contributed by atoms with Crippen LogP contribution in [0.2, 0.25) is 0 Å². The fourth-order valence-corrected chi connectivity index (χ4v) is 3.25. The molecule has 1 saturated heterocycles. The standard InChI is InChI=1S/C14H23NO4/c16-12(9-11-3-7-19-8-4-11)15-14(10-13(17)18)5-1-2-6-14/h11H,1-10H2,(H,15,16)(H,17,18). The largest absolute Gasteiger partial charge is 0.481 e. The van der Waals surface area contributed by atoms with Crippen molar-refractivity contribution < 1.29 is 19.4 Å². The van der Waals surface area contributed by atoms with Crippen molar-refractivity contribution in [3.63, 3.8) is 0 Å². The number of carboxylic acids is 1. The predicted octanol–water partition coefficient (Wildman–Crippen LogP) is 1.71. The molecule has 0 spiro atoms. The van der Waals surface area contributed by atoms with Crippen molar-refractivity contribution >= 4 is 11.9 Å². The van der Waals surface area contributed by atoms with Crippen LogP contribution in [0.5, 0.6) is 0 Å². The van der Waals surface area contributed by atoms with Crippen LogP contribution in [0.4, 0.5) is 0 Å². The fraction of sp³-hybridized carbons (Fsp3) is 0.857. The maximum atomic E-state index is 12.1. The van der Waals surface area contributed by atoms with Gasteiger partial charge in [-0.2, -0.15) is 0 Å². The first-order valence-electron chi connectivity index (χ1n) is 7.20. The minimum atomic E-state index is -0.826. The lowest BCUT2D eigenvalue weighted by Gasteiger charge is -2.30. The third-order valence-electron chi connectivity index (χ3n) is 4.27. The lowest BCUT2D eigenvalue weighted by Crippen LogP contribution is -2.48. The third-order valence-corrected chi connectivity index (χ3v) is 4.27. The van der Waals surface area contributed by atoms with E-state index in [9.17, 15) is 9.59 Å². The van der Waals surface area contributed by atoms with Gasteiger partial charge in [0.15, 0.2) is 0 Å². The zero-order chi connectivity index (χ0) is 13.7. The Kier molecular flexibility index (Phi) is 4.80. The molecule has 0 unspecified atom stereocenters. The van der Waals surface area contributed by atoms with Gasteiger partial charge >= 0.3 is 5.97 Å². The first kappa shape index (κ1) is 14.3. The highest BCUT2D eigenvalue weighted by atomic mass is 16.5. The summed E-state index contributed by atoms with van der Waals surface area (Å²) in [6.45, 7) is 1.47. The summed E-state index contributed by atoms with van der Waals surface area (Å²) in [6, 6.07) is 0. The number of carboxylic acid groups (broad SMARTS) is 1. The second-order valence-corrected chi connectivity index (χ2v) is 5.87. The van der Waals surface area contributed by atoms with Crippen molar-refractivity contribution in [2.45, 2.75) is 56.9 Å². The zero-order valence-electron chi connectivity index (χ0n) is 11.3. The number of carbonyl (C=O) groups excluding carboxylic acids is 1. The van der Waals surface area contributed by atoms with E-state index in [-0.39, 0.29) is 12.3 Å². The Labute approximate surface area is 113 Å². The third kappa shape index (κ3) is 4.20. The predicted molar refractivity (Wildman–Crippen MR) is 69.8 cm³/mol. The molecule has 0 aromatic rings. The summed E-state index contributed by atoms with van der Waals surface area (Å²) in [6.07, 6.45) is 6.00. The van der Waals surface area contributed by atoms with Crippen LogP contribution in [0.15, 0.2) is 0 Å². The second-order valence-electron chi connectivity index (χ2n) is 5.87. The topological polar surface area (TPSA) is 75.6 Å². The van der Waals surface area contributed by atoms with Crippen molar-refractivity contribution in [3.05, 3.63) is 0 Å². The van der Waals surface area contributed by atoms with Gasteiger partial charge in [-0.15, -0.1) is 0 Å². The van der Waals surface area contributed by atoms with E-state index in [4.69, 9.17) is 9.84 Å². The normalized spacial score (nSPS) is 23.2. The van der Waals surface area contributed by atoms with Gasteiger partial charge in [0, 0.05) is 19.6 Å². The Bertz CT molecular complexity index is 330. The molecule has 2 fully saturated rings. The Hall–Kier alpha value is -1.10. The zero-order valence-corrected chi connectivity index (χ0v) is 11.3. The minimum Gasteiger partial charge on any atom is -0.481 e. The Morgan fingerprint density at radius 2 is 1.84 bits per heavy atom. The molecule has 1 aliphatic heterocycles. The van der Waals surface area contributed by atoms with Crippen molar-refractivity contribution in [2.24, 2.45) is 5.92 Å². The molecule has 19 heavy (non-hydrogen) atoms. The van der Waals surface area contributed by atoms with Gasteiger partial charge in [-0.25, -0.2) is 0 Å². The highest BCUT2D eigenvalue weighted by Gasteiger charge is 2.37. The van der Waals surface area contributed by atoms with Crippen molar-refractivity contribution in [3.8, 4) is 0 Å². The molecule has 1 saturated carbocycles. The van der Waals surface area contributed by atoms with Gasteiger partial charge in [-0.05, 0) is 31.6 Å². The minimum absolute atomic E-state index is 0.00931. The Morgan fingerprint density at radius 3 is 2.42 bits per heavy atom. The van der Waals surface area contributed by atoms with Gasteiger partial charge in [0.2, 0.25) is 5.91 Å². The number of hydrogen-bond acceptors (Lipinski definition) is 3. The van der Waals surface area contributed by atoms with E-state index >= 15 is 0 Å². The molecule has 1 heterocycles. The summed E-state index contributed by atoms with van der Waals surface area (Å²) in [7, 11) is 0. The van der Waals surface area contributed by atoms with E-state index in [1.807, 2.05) is 0 Å². The average Bonchev–Trinajstić information content (AvgIpc) is 2.77. The molecular formula is C14H23NO4. The molecule has 0 atom stereocenters. The molecule has 2 rings (SSSR count). The van der Waals surface area contributed by atoms with Crippen LogP contribution in [0.1, 0.15) is 51.4 Å². The number of amides is 1. The summed E-state index contributed by atoms with van der Waals surface area (Å²) in [4.78, 5) is 23.1. The number of ether oxygens (including phenoxy) is 1. The number of carbonyl (C=O) groups is 2. The molecule has 2 aliphatic rings. The van der Waals surface area contributed by atoms with Crippen LogP contribution >= 0.6 is 0 Å². The lowest BCUT2D eigenvalue weighted by atomic mass is 9.91. The monoisotopic (exact) mass is 269 g/mol. The first-order valence-corrected chi connectivity index (χ1v) is 7.20. The molecule has 1 amide bonds. The number of rotatable bonds is 5. The molecule has 5 heteroatoms. The molecule has 0 aromatic carbocycles. The van der Waals surface area contributed by atoms with Gasteiger partial charge in [-0.1, -0.05) is 12.8 Å². The summed E-state index contributed by atoms with van der Waals surface area (Å²) >= 11 is 0. The van der Waals surface area contributed by atoms with E-state index in [1.54, 1.807) is 0 Å². The van der Waals surface area contributed by atoms with Crippen LogP contribution in [-0.2, 0) is 14.3 Å². The van der Waals surface area contributed by atoms with Crippen LogP contribution in [0.3, 0.4) is 0 Å². The van der Waals surface area contributed by atoms with Crippen LogP contribution in [-0.4, -0.2) is 35.7 Å². The van der Waals surface area contributed by atoms with Gasteiger partial charge in [0.25, 0.3) is 0 Å². The van der Waals surface area contributed by atoms with E-state index in [2.05, 4.69) is 5.32 Å². The van der Waals surface area contributed by atoms with Crippen LogP contribution < -0.4 is 5.32 Å².